The van der Waals surface area contributed by atoms with E-state index in [2.05, 4.69) is 302 Å². The highest BCUT2D eigenvalue weighted by Gasteiger charge is 2.25. The maximum atomic E-state index is 5.55. The van der Waals surface area contributed by atoms with Crippen molar-refractivity contribution in [3.63, 3.8) is 0 Å². The summed E-state index contributed by atoms with van der Waals surface area (Å²) in [7, 11) is 0. The van der Waals surface area contributed by atoms with Crippen molar-refractivity contribution in [2.24, 2.45) is 0 Å². The van der Waals surface area contributed by atoms with Crippen LogP contribution in [0.25, 0.3) is 140 Å². The van der Waals surface area contributed by atoms with Crippen LogP contribution < -0.4 is 0 Å². The molecule has 0 aliphatic carbocycles. The Hall–Kier alpha value is -10.6. The predicted octanol–water partition coefficient (Wildman–Crippen LogP) is 19.6. The van der Waals surface area contributed by atoms with Crippen LogP contribution >= 0.6 is 0 Å². The van der Waals surface area contributed by atoms with Crippen molar-refractivity contribution < 1.29 is 0 Å². The van der Waals surface area contributed by atoms with Gasteiger partial charge in [0, 0.05) is 38.6 Å². The molecule has 0 unspecified atom stereocenters. The third-order valence-electron chi connectivity index (χ3n) is 15.0. The van der Waals surface area contributed by atoms with E-state index >= 15 is 0 Å². The lowest BCUT2D eigenvalue weighted by Crippen LogP contribution is -2.04. The molecule has 14 rings (SSSR count). The van der Waals surface area contributed by atoms with Crippen LogP contribution in [0.3, 0.4) is 0 Å². The van der Waals surface area contributed by atoms with Gasteiger partial charge < -0.3 is 4.57 Å². The van der Waals surface area contributed by atoms with Crippen molar-refractivity contribution in [3.05, 3.63) is 303 Å². The highest BCUT2D eigenvalue weighted by Crippen LogP contribution is 2.47. The maximum Gasteiger partial charge on any atom is 0.164 e. The Morgan fingerprint density at radius 1 is 0.203 bits per heavy atom. The van der Waals surface area contributed by atoms with Gasteiger partial charge in [-0.1, -0.05) is 255 Å². The molecule has 79 heavy (non-hydrogen) atoms. The zero-order chi connectivity index (χ0) is 52.5. The minimum Gasteiger partial charge on any atom is -0.308 e. The molecule has 370 valence electrons. The fourth-order valence-electron chi connectivity index (χ4n) is 11.2. The zero-order valence-corrected chi connectivity index (χ0v) is 43.2. The Bertz CT molecular complexity index is 4350. The second kappa shape index (κ2) is 20.5. The van der Waals surface area contributed by atoms with Gasteiger partial charge in [-0.2, -0.15) is 0 Å². The van der Waals surface area contributed by atoms with E-state index < -0.39 is 0 Å². The lowest BCUT2D eigenvalue weighted by molar-refractivity contribution is 1.07. The third kappa shape index (κ3) is 9.07. The summed E-state index contributed by atoms with van der Waals surface area (Å²) in [6.45, 7) is 0. The monoisotopic (exact) mass is 1010 g/mol. The highest BCUT2D eigenvalue weighted by atomic mass is 15.0. The van der Waals surface area contributed by atoms with E-state index in [9.17, 15) is 0 Å². The first-order valence-corrected chi connectivity index (χ1v) is 26.8. The van der Waals surface area contributed by atoms with Crippen LogP contribution in [0.2, 0.25) is 0 Å². The summed E-state index contributed by atoms with van der Waals surface area (Å²) in [5.74, 6) is 1.74. The van der Waals surface area contributed by atoms with Gasteiger partial charge in [0.25, 0.3) is 0 Å². The molecular formula is C75H50N4. The van der Waals surface area contributed by atoms with Crippen molar-refractivity contribution in [1.82, 2.24) is 19.5 Å². The molecule has 0 radical (unpaired) electrons. The molecule has 2 heterocycles. The fourth-order valence-corrected chi connectivity index (χ4v) is 11.2. The SMILES string of the molecule is c1ccc(-c2ccc(-c3nc(-c4cc(-c5ccccc5)cc(-c5ccccc5)c4)nc(-c4cc(-c5ccccc5)c(-n5c6ccc(-c7ccccc7)cc6c6c(-c7ccccc7)cccc65)c(-c5ccccc5)c4)n3)cc2)cc1. The first-order chi connectivity index (χ1) is 39.2. The van der Waals surface area contributed by atoms with Gasteiger partial charge in [-0.25, -0.2) is 15.0 Å². The van der Waals surface area contributed by atoms with Crippen LogP contribution in [0.5, 0.6) is 0 Å². The highest BCUT2D eigenvalue weighted by molar-refractivity contribution is 6.17. The Morgan fingerprint density at radius 2 is 0.544 bits per heavy atom. The van der Waals surface area contributed by atoms with Crippen molar-refractivity contribution >= 4 is 21.8 Å². The van der Waals surface area contributed by atoms with E-state index in [0.717, 1.165) is 89.0 Å². The molecule has 0 spiro atoms. The van der Waals surface area contributed by atoms with Gasteiger partial charge in [-0.3, -0.25) is 0 Å². The van der Waals surface area contributed by atoms with Gasteiger partial charge in [-0.15, -0.1) is 0 Å². The quantitative estimate of drug-likeness (QED) is 0.130. The van der Waals surface area contributed by atoms with Crippen molar-refractivity contribution in [3.8, 4) is 118 Å². The first-order valence-electron chi connectivity index (χ1n) is 26.8. The number of nitrogens with zero attached hydrogens (tertiary/aromatic N) is 4. The van der Waals surface area contributed by atoms with Crippen LogP contribution in [0.15, 0.2) is 303 Å². The van der Waals surface area contributed by atoms with Crippen LogP contribution in [-0.4, -0.2) is 19.5 Å². The van der Waals surface area contributed by atoms with E-state index in [0.29, 0.717) is 17.5 Å². The predicted molar refractivity (Wildman–Crippen MR) is 329 cm³/mol. The molecule has 0 atom stereocenters. The average Bonchev–Trinajstić information content (AvgIpc) is 3.88. The molecule has 2 aromatic heterocycles. The molecule has 0 aliphatic rings. The van der Waals surface area contributed by atoms with E-state index in [4.69, 9.17) is 15.0 Å². The lowest BCUT2D eigenvalue weighted by atomic mass is 9.92. The number of rotatable bonds is 11. The van der Waals surface area contributed by atoms with Gasteiger partial charge in [0.05, 0.1) is 16.7 Å². The smallest absolute Gasteiger partial charge is 0.164 e. The molecule has 0 N–H and O–H groups in total. The molecule has 0 saturated carbocycles. The normalized spacial score (nSPS) is 11.3. The molecule has 4 nitrogen and oxygen atoms in total. The van der Waals surface area contributed by atoms with Crippen molar-refractivity contribution in [2.75, 3.05) is 0 Å². The van der Waals surface area contributed by atoms with Crippen LogP contribution in [0, 0.1) is 0 Å². The Balaban J connectivity index is 1.05. The largest absolute Gasteiger partial charge is 0.308 e. The summed E-state index contributed by atoms with van der Waals surface area (Å²) in [5.41, 5.74) is 21.5. The number of aromatic nitrogens is 4. The molecule has 0 amide bonds. The Labute approximate surface area is 460 Å². The molecule has 12 aromatic carbocycles. The van der Waals surface area contributed by atoms with Gasteiger partial charge >= 0.3 is 0 Å². The van der Waals surface area contributed by atoms with Crippen LogP contribution in [0.1, 0.15) is 0 Å². The Morgan fingerprint density at radius 3 is 1.01 bits per heavy atom. The van der Waals surface area contributed by atoms with E-state index in [-0.39, 0.29) is 0 Å². The second-order valence-corrected chi connectivity index (χ2v) is 19.9. The Kier molecular flexibility index (Phi) is 12.2. The number of fused-ring (bicyclic) bond motifs is 3. The number of hydrogen-bond donors (Lipinski definition) is 0. The standard InChI is InChI=1S/C75H50N4/c1-8-23-51(24-9-1)55-39-41-59(42-40-55)73-76-74(63-46-61(53-27-12-3-13-28-53)45-62(47-63)54-29-14-4-15-30-54)78-75(77-73)64-49-66(57-33-18-6-19-34-57)72(67(50-64)58-35-20-7-21-36-58)79-69-44-43-60(52-25-10-2-11-26-52)48-68(69)71-65(37-22-38-70(71)79)56-31-16-5-17-32-56/h1-50H. The van der Waals surface area contributed by atoms with Gasteiger partial charge in [0.15, 0.2) is 17.5 Å². The first kappa shape index (κ1) is 46.9. The van der Waals surface area contributed by atoms with Crippen molar-refractivity contribution in [1.29, 1.82) is 0 Å². The average molecular weight is 1010 g/mol. The van der Waals surface area contributed by atoms with Gasteiger partial charge in [0.2, 0.25) is 0 Å². The van der Waals surface area contributed by atoms with Crippen LogP contribution in [0.4, 0.5) is 0 Å². The van der Waals surface area contributed by atoms with Crippen molar-refractivity contribution in [2.45, 2.75) is 0 Å². The summed E-state index contributed by atoms with van der Waals surface area (Å²) in [6, 6.07) is 108. The zero-order valence-electron chi connectivity index (χ0n) is 43.2. The van der Waals surface area contributed by atoms with Gasteiger partial charge in [0.1, 0.15) is 0 Å². The van der Waals surface area contributed by atoms with E-state index in [1.807, 2.05) is 6.07 Å². The lowest BCUT2D eigenvalue weighted by Gasteiger charge is -2.21. The summed E-state index contributed by atoms with van der Waals surface area (Å²) < 4.78 is 2.50. The summed E-state index contributed by atoms with van der Waals surface area (Å²) in [5, 5.41) is 2.37. The molecule has 0 fully saturated rings. The van der Waals surface area contributed by atoms with Gasteiger partial charge in [-0.05, 0) is 115 Å². The second-order valence-electron chi connectivity index (χ2n) is 19.9. The molecule has 0 aliphatic heterocycles. The molecule has 0 bridgehead atoms. The summed E-state index contributed by atoms with van der Waals surface area (Å²) in [4.78, 5) is 16.4. The molecular weight excluding hydrogens is 957 g/mol. The minimum absolute atomic E-state index is 0.570. The van der Waals surface area contributed by atoms with E-state index in [1.54, 1.807) is 0 Å². The fraction of sp³-hybridized carbons (Fsp3) is 0. The summed E-state index contributed by atoms with van der Waals surface area (Å²) >= 11 is 0. The summed E-state index contributed by atoms with van der Waals surface area (Å²) in [6.07, 6.45) is 0. The third-order valence-corrected chi connectivity index (χ3v) is 15.0. The topological polar surface area (TPSA) is 43.6 Å². The van der Waals surface area contributed by atoms with Crippen LogP contribution in [-0.2, 0) is 0 Å². The molecule has 14 aromatic rings. The molecule has 4 heteroatoms. The maximum absolute atomic E-state index is 5.55. The molecule has 0 saturated heterocycles. The minimum atomic E-state index is 0.570. The number of benzene rings is 12. The van der Waals surface area contributed by atoms with E-state index in [1.165, 1.54) is 33.0 Å². The number of hydrogen-bond acceptors (Lipinski definition) is 3.